The van der Waals surface area contributed by atoms with Crippen LogP contribution in [0.25, 0.3) is 0 Å². The lowest BCUT2D eigenvalue weighted by molar-refractivity contribution is -0.153. The SMILES string of the molecule is CC(=O)O[C@H](C[C@@]1(C)OC1(C)C)[C@@H](C)[C@H]1CC[C@H]2[C@@H]3C=CC4=CC(=O)C=C[C@]4(C)[C@H]3CC[C@]12C. The van der Waals surface area contributed by atoms with Crippen molar-refractivity contribution in [2.45, 2.75) is 97.9 Å². The number of carbonyl (C=O) groups is 2. The maximum absolute atomic E-state index is 12.1. The van der Waals surface area contributed by atoms with Crippen LogP contribution in [-0.2, 0) is 19.1 Å². The van der Waals surface area contributed by atoms with Crippen LogP contribution in [0.2, 0.25) is 0 Å². The molecule has 0 spiro atoms. The van der Waals surface area contributed by atoms with Gasteiger partial charge in [0, 0.05) is 18.8 Å². The van der Waals surface area contributed by atoms with Crippen LogP contribution in [0.15, 0.2) is 36.0 Å². The zero-order chi connectivity index (χ0) is 24.7. The smallest absolute Gasteiger partial charge is 0.302 e. The number of epoxide rings is 1. The second-order valence-electron chi connectivity index (χ2n) is 13.1. The fraction of sp³-hybridized carbons (Fsp3) is 0.733. The number of hydrogen-bond donors (Lipinski definition) is 0. The fourth-order valence-corrected chi connectivity index (χ4v) is 8.57. The number of esters is 1. The summed E-state index contributed by atoms with van der Waals surface area (Å²) in [4.78, 5) is 24.1. The number of hydrogen-bond acceptors (Lipinski definition) is 4. The summed E-state index contributed by atoms with van der Waals surface area (Å²) >= 11 is 0. The molecule has 5 rings (SSSR count). The van der Waals surface area contributed by atoms with Crippen molar-refractivity contribution in [3.05, 3.63) is 36.0 Å². The van der Waals surface area contributed by atoms with Gasteiger partial charge < -0.3 is 9.47 Å². The zero-order valence-electron chi connectivity index (χ0n) is 22.0. The molecule has 186 valence electrons. The summed E-state index contributed by atoms with van der Waals surface area (Å²) in [5, 5.41) is 0. The monoisotopic (exact) mass is 466 g/mol. The maximum Gasteiger partial charge on any atom is 0.302 e. The number of carbonyl (C=O) groups excluding carboxylic acids is 2. The third-order valence-electron chi connectivity index (χ3n) is 11.0. The van der Waals surface area contributed by atoms with E-state index in [0.717, 1.165) is 6.42 Å². The van der Waals surface area contributed by atoms with Crippen LogP contribution in [0, 0.1) is 40.4 Å². The molecular formula is C30H42O4. The molecule has 1 saturated heterocycles. The highest BCUT2D eigenvalue weighted by atomic mass is 16.6. The number of rotatable bonds is 5. The van der Waals surface area contributed by atoms with Gasteiger partial charge in [-0.3, -0.25) is 9.59 Å². The lowest BCUT2D eigenvalue weighted by Gasteiger charge is -2.55. The van der Waals surface area contributed by atoms with E-state index in [9.17, 15) is 9.59 Å². The molecule has 34 heavy (non-hydrogen) atoms. The van der Waals surface area contributed by atoms with Crippen LogP contribution in [0.5, 0.6) is 0 Å². The summed E-state index contributed by atoms with van der Waals surface area (Å²) in [5.41, 5.74) is 0.987. The first kappa shape index (κ1) is 24.0. The van der Waals surface area contributed by atoms with E-state index in [1.165, 1.54) is 38.2 Å². The van der Waals surface area contributed by atoms with E-state index in [1.54, 1.807) is 6.08 Å². The topological polar surface area (TPSA) is 55.9 Å². The Kier molecular flexibility index (Phi) is 5.41. The standard InChI is InChI=1S/C30H42O4/c1-18(26(33-19(2)31)17-30(7)27(3,4)34-30)23-10-11-24-22-9-8-20-16-21(32)12-14-28(20,5)25(22)13-15-29(23,24)6/h8-9,12,14,16,18,22-26H,10-11,13,15,17H2,1-7H3/t18-,22-,23+,24-,25-,26+,28-,29+,30+/m0/s1. The van der Waals surface area contributed by atoms with Gasteiger partial charge in [-0.2, -0.15) is 0 Å². The number of ether oxygens (including phenoxy) is 2. The lowest BCUT2D eigenvalue weighted by atomic mass is 9.49. The normalized spacial score (nSPS) is 45.5. The molecule has 4 heteroatoms. The third-order valence-corrected chi connectivity index (χ3v) is 11.0. The van der Waals surface area contributed by atoms with Gasteiger partial charge >= 0.3 is 5.97 Å². The Morgan fingerprint density at radius 2 is 1.82 bits per heavy atom. The zero-order valence-corrected chi connectivity index (χ0v) is 22.0. The van der Waals surface area contributed by atoms with Gasteiger partial charge in [0.1, 0.15) is 6.10 Å². The van der Waals surface area contributed by atoms with Gasteiger partial charge in [-0.25, -0.2) is 0 Å². The molecule has 4 nitrogen and oxygen atoms in total. The molecule has 0 radical (unpaired) electrons. The molecule has 1 heterocycles. The van der Waals surface area contributed by atoms with E-state index in [1.807, 2.05) is 6.08 Å². The Labute approximate surface area is 205 Å². The summed E-state index contributed by atoms with van der Waals surface area (Å²) < 4.78 is 12.0. The highest BCUT2D eigenvalue weighted by Gasteiger charge is 2.63. The van der Waals surface area contributed by atoms with Crippen LogP contribution in [0.4, 0.5) is 0 Å². The highest BCUT2D eigenvalue weighted by molar-refractivity contribution is 6.01. The van der Waals surface area contributed by atoms with Crippen molar-refractivity contribution in [1.82, 2.24) is 0 Å². The molecule has 0 N–H and O–H groups in total. The van der Waals surface area contributed by atoms with Crippen molar-refractivity contribution in [2.24, 2.45) is 40.4 Å². The third kappa shape index (κ3) is 3.50. The second-order valence-corrected chi connectivity index (χ2v) is 13.1. The van der Waals surface area contributed by atoms with Crippen molar-refractivity contribution >= 4 is 11.8 Å². The van der Waals surface area contributed by atoms with Crippen LogP contribution < -0.4 is 0 Å². The van der Waals surface area contributed by atoms with Gasteiger partial charge in [-0.1, -0.05) is 39.0 Å². The Morgan fingerprint density at radius 3 is 2.47 bits per heavy atom. The molecule has 3 fully saturated rings. The number of allylic oxidation sites excluding steroid dienone is 6. The average molecular weight is 467 g/mol. The Morgan fingerprint density at radius 1 is 1.12 bits per heavy atom. The van der Waals surface area contributed by atoms with Crippen molar-refractivity contribution in [3.63, 3.8) is 0 Å². The fourth-order valence-electron chi connectivity index (χ4n) is 8.57. The lowest BCUT2D eigenvalue weighted by Crippen LogP contribution is -2.49. The van der Waals surface area contributed by atoms with Crippen LogP contribution in [0.3, 0.4) is 0 Å². The molecule has 0 aromatic carbocycles. The first-order valence-corrected chi connectivity index (χ1v) is 13.3. The first-order chi connectivity index (χ1) is 15.8. The average Bonchev–Trinajstić information content (AvgIpc) is 3.06. The van der Waals surface area contributed by atoms with Crippen LogP contribution in [-0.4, -0.2) is 29.1 Å². The number of fused-ring (bicyclic) bond motifs is 5. The van der Waals surface area contributed by atoms with E-state index in [0.29, 0.717) is 23.7 Å². The summed E-state index contributed by atoms with van der Waals surface area (Å²) in [6.45, 7) is 15.1. The minimum atomic E-state index is -0.230. The van der Waals surface area contributed by atoms with Gasteiger partial charge in [0.15, 0.2) is 5.78 Å². The maximum atomic E-state index is 12.1. The second kappa shape index (κ2) is 7.66. The van der Waals surface area contributed by atoms with E-state index in [4.69, 9.17) is 9.47 Å². The minimum absolute atomic E-state index is 0.0396. The molecule has 0 amide bonds. The van der Waals surface area contributed by atoms with Gasteiger partial charge in [-0.05, 0) is 99.2 Å². The minimum Gasteiger partial charge on any atom is -0.462 e. The molecule has 0 aromatic heterocycles. The highest BCUT2D eigenvalue weighted by Crippen LogP contribution is 2.66. The molecule has 4 aliphatic carbocycles. The predicted octanol–water partition coefficient (Wildman–Crippen LogP) is 6.21. The number of ketones is 1. The molecular weight excluding hydrogens is 424 g/mol. The van der Waals surface area contributed by atoms with E-state index < -0.39 is 0 Å². The predicted molar refractivity (Wildman–Crippen MR) is 133 cm³/mol. The summed E-state index contributed by atoms with van der Waals surface area (Å²) in [6.07, 6.45) is 15.9. The quantitative estimate of drug-likeness (QED) is 0.357. The van der Waals surface area contributed by atoms with Gasteiger partial charge in [0.05, 0.1) is 11.2 Å². The van der Waals surface area contributed by atoms with E-state index in [-0.39, 0.29) is 45.8 Å². The van der Waals surface area contributed by atoms with Crippen LogP contribution >= 0.6 is 0 Å². The first-order valence-electron chi connectivity index (χ1n) is 13.3. The van der Waals surface area contributed by atoms with Gasteiger partial charge in [-0.15, -0.1) is 0 Å². The van der Waals surface area contributed by atoms with E-state index >= 15 is 0 Å². The molecule has 2 saturated carbocycles. The molecule has 1 aliphatic heterocycles. The molecule has 0 aromatic rings. The molecule has 0 bridgehead atoms. The summed E-state index contributed by atoms with van der Waals surface area (Å²) in [6, 6.07) is 0. The summed E-state index contributed by atoms with van der Waals surface area (Å²) in [5.74, 6) is 2.44. The molecule has 0 unspecified atom stereocenters. The molecule has 9 atom stereocenters. The largest absolute Gasteiger partial charge is 0.462 e. The van der Waals surface area contributed by atoms with E-state index in [2.05, 4.69) is 59.8 Å². The Balaban J connectivity index is 1.40. The molecule has 5 aliphatic rings. The summed E-state index contributed by atoms with van der Waals surface area (Å²) in [7, 11) is 0. The van der Waals surface area contributed by atoms with Gasteiger partial charge in [0.25, 0.3) is 0 Å². The Hall–Kier alpha value is -1.68. The van der Waals surface area contributed by atoms with Gasteiger partial charge in [0.2, 0.25) is 0 Å². The van der Waals surface area contributed by atoms with Crippen molar-refractivity contribution in [3.8, 4) is 0 Å². The van der Waals surface area contributed by atoms with Crippen molar-refractivity contribution in [2.75, 3.05) is 0 Å². The van der Waals surface area contributed by atoms with Crippen molar-refractivity contribution in [1.29, 1.82) is 0 Å². The van der Waals surface area contributed by atoms with Crippen LogP contribution in [0.1, 0.15) is 80.6 Å². The van der Waals surface area contributed by atoms with Crippen molar-refractivity contribution < 1.29 is 19.1 Å². The Bertz CT molecular complexity index is 988.